The van der Waals surface area contributed by atoms with Crippen LogP contribution in [0.4, 0.5) is 0 Å². The quantitative estimate of drug-likeness (QED) is 0.612. The second kappa shape index (κ2) is 6.32. The van der Waals surface area contributed by atoms with Gasteiger partial charge in [-0.05, 0) is 19.1 Å². The molecule has 0 spiro atoms. The molecule has 0 fully saturated rings. The minimum absolute atomic E-state index is 0.00694. The maximum Gasteiger partial charge on any atom is 0.129 e. The van der Waals surface area contributed by atoms with Gasteiger partial charge >= 0.3 is 0 Å². The number of aliphatic hydroxyl groups is 2. The van der Waals surface area contributed by atoms with Crippen molar-refractivity contribution in [2.45, 2.75) is 13.5 Å². The van der Waals surface area contributed by atoms with E-state index >= 15 is 0 Å². The highest BCUT2D eigenvalue weighted by atomic mass is 16.4. The minimum Gasteiger partial charge on any atom is -0.467 e. The Morgan fingerprint density at radius 1 is 1.50 bits per heavy atom. The summed E-state index contributed by atoms with van der Waals surface area (Å²) in [6.45, 7) is 1.92. The van der Waals surface area contributed by atoms with Gasteiger partial charge in [-0.1, -0.05) is 0 Å². The Bertz CT molecular complexity index is 135. The first-order chi connectivity index (χ1) is 4.85. The van der Waals surface area contributed by atoms with Gasteiger partial charge in [-0.25, -0.2) is 0 Å². The Morgan fingerprint density at radius 2 is 2.10 bits per heavy atom. The number of furan rings is 1. The van der Waals surface area contributed by atoms with Gasteiger partial charge in [0.2, 0.25) is 0 Å². The summed E-state index contributed by atoms with van der Waals surface area (Å²) in [5.74, 6) is 0.611. The van der Waals surface area contributed by atoms with Crippen molar-refractivity contribution < 1.29 is 14.6 Å². The summed E-state index contributed by atoms with van der Waals surface area (Å²) in [6, 6.07) is 3.46. The van der Waals surface area contributed by atoms with Gasteiger partial charge in [-0.3, -0.25) is 0 Å². The van der Waals surface area contributed by atoms with Crippen LogP contribution in [0.25, 0.3) is 0 Å². The van der Waals surface area contributed by atoms with Crippen LogP contribution in [-0.2, 0) is 6.61 Å². The molecule has 3 nitrogen and oxygen atoms in total. The van der Waals surface area contributed by atoms with Crippen LogP contribution in [0.1, 0.15) is 12.7 Å². The Kier molecular flexibility index (Phi) is 5.82. The smallest absolute Gasteiger partial charge is 0.129 e. The van der Waals surface area contributed by atoms with Crippen molar-refractivity contribution in [3.63, 3.8) is 0 Å². The Hall–Kier alpha value is -0.800. The molecule has 0 saturated heterocycles. The molecule has 2 N–H and O–H groups in total. The molecular formula is C7H12O3. The molecule has 0 aliphatic carbocycles. The van der Waals surface area contributed by atoms with E-state index in [-0.39, 0.29) is 13.2 Å². The van der Waals surface area contributed by atoms with Crippen LogP contribution >= 0.6 is 0 Å². The normalized spacial score (nSPS) is 8.30. The van der Waals surface area contributed by atoms with E-state index in [4.69, 9.17) is 14.6 Å². The maximum atomic E-state index is 8.33. The Balaban J connectivity index is 0.000000236. The van der Waals surface area contributed by atoms with Crippen molar-refractivity contribution >= 4 is 0 Å². The molecule has 1 aromatic rings. The predicted octanol–water partition coefficient (Wildman–Crippen LogP) is 0.771. The fourth-order valence-electron chi connectivity index (χ4n) is 0.403. The van der Waals surface area contributed by atoms with E-state index in [0.29, 0.717) is 5.76 Å². The summed E-state index contributed by atoms with van der Waals surface area (Å²) < 4.78 is 4.73. The van der Waals surface area contributed by atoms with E-state index in [1.165, 1.54) is 6.26 Å². The van der Waals surface area contributed by atoms with Crippen molar-refractivity contribution in [3.05, 3.63) is 24.2 Å². The van der Waals surface area contributed by atoms with Crippen molar-refractivity contribution in [3.8, 4) is 0 Å². The highest BCUT2D eigenvalue weighted by molar-refractivity contribution is 4.95. The number of rotatable bonds is 1. The van der Waals surface area contributed by atoms with Crippen LogP contribution in [0.15, 0.2) is 22.8 Å². The third-order valence-electron chi connectivity index (χ3n) is 0.736. The molecule has 0 saturated carbocycles. The van der Waals surface area contributed by atoms with Crippen LogP contribution in [-0.4, -0.2) is 16.8 Å². The van der Waals surface area contributed by atoms with E-state index in [1.807, 2.05) is 0 Å². The first-order valence-electron chi connectivity index (χ1n) is 3.09. The molecule has 3 heteroatoms. The van der Waals surface area contributed by atoms with E-state index < -0.39 is 0 Å². The van der Waals surface area contributed by atoms with Crippen molar-refractivity contribution in [2.24, 2.45) is 0 Å². The fourth-order valence-corrected chi connectivity index (χ4v) is 0.403. The first kappa shape index (κ1) is 9.20. The molecule has 1 heterocycles. The van der Waals surface area contributed by atoms with Gasteiger partial charge in [-0.15, -0.1) is 0 Å². The monoisotopic (exact) mass is 144 g/mol. The van der Waals surface area contributed by atoms with Crippen LogP contribution in [0, 0.1) is 0 Å². The lowest BCUT2D eigenvalue weighted by molar-refractivity contribution is 0.247. The van der Waals surface area contributed by atoms with E-state index in [2.05, 4.69) is 0 Å². The second-order valence-electron chi connectivity index (χ2n) is 1.55. The number of hydrogen-bond acceptors (Lipinski definition) is 3. The second-order valence-corrected chi connectivity index (χ2v) is 1.55. The van der Waals surface area contributed by atoms with Crippen LogP contribution in [0.3, 0.4) is 0 Å². The summed E-state index contributed by atoms with van der Waals surface area (Å²) in [5, 5.41) is 15.9. The molecule has 0 amide bonds. The predicted molar refractivity (Wildman–Crippen MR) is 37.4 cm³/mol. The third-order valence-corrected chi connectivity index (χ3v) is 0.736. The number of aliphatic hydroxyl groups excluding tert-OH is 2. The fraction of sp³-hybridized carbons (Fsp3) is 0.429. The van der Waals surface area contributed by atoms with Crippen LogP contribution in [0.2, 0.25) is 0 Å². The molecule has 58 valence electrons. The van der Waals surface area contributed by atoms with Gasteiger partial charge in [0.05, 0.1) is 6.26 Å². The molecule has 1 rings (SSSR count). The SMILES string of the molecule is CCO.OCc1ccco1. The summed E-state index contributed by atoms with van der Waals surface area (Å²) in [7, 11) is 0. The molecule has 0 aliphatic heterocycles. The lowest BCUT2D eigenvalue weighted by Crippen LogP contribution is -1.72. The highest BCUT2D eigenvalue weighted by Gasteiger charge is 1.85. The summed E-state index contributed by atoms with van der Waals surface area (Å²) in [6.07, 6.45) is 1.53. The minimum atomic E-state index is -0.00694. The van der Waals surface area contributed by atoms with Crippen LogP contribution in [0.5, 0.6) is 0 Å². The summed E-state index contributed by atoms with van der Waals surface area (Å²) in [4.78, 5) is 0. The van der Waals surface area contributed by atoms with Gasteiger partial charge in [0.1, 0.15) is 12.4 Å². The molecule has 0 aliphatic rings. The zero-order valence-electron chi connectivity index (χ0n) is 5.95. The summed E-state index contributed by atoms with van der Waals surface area (Å²) in [5.41, 5.74) is 0. The zero-order chi connectivity index (χ0) is 7.82. The Labute approximate surface area is 59.9 Å². The summed E-state index contributed by atoms with van der Waals surface area (Å²) >= 11 is 0. The first-order valence-corrected chi connectivity index (χ1v) is 3.09. The van der Waals surface area contributed by atoms with Crippen LogP contribution < -0.4 is 0 Å². The average Bonchev–Trinajstić information content (AvgIpc) is 2.39. The van der Waals surface area contributed by atoms with E-state index in [9.17, 15) is 0 Å². The van der Waals surface area contributed by atoms with Gasteiger partial charge in [0, 0.05) is 6.61 Å². The molecule has 0 aromatic carbocycles. The van der Waals surface area contributed by atoms with Gasteiger partial charge < -0.3 is 14.6 Å². The van der Waals surface area contributed by atoms with Crippen molar-refractivity contribution in [1.29, 1.82) is 0 Å². The topological polar surface area (TPSA) is 53.6 Å². The Morgan fingerprint density at radius 3 is 2.30 bits per heavy atom. The highest BCUT2D eigenvalue weighted by Crippen LogP contribution is 1.96. The lowest BCUT2D eigenvalue weighted by atomic mass is 10.5. The lowest BCUT2D eigenvalue weighted by Gasteiger charge is -1.79. The van der Waals surface area contributed by atoms with Crippen molar-refractivity contribution in [1.82, 2.24) is 0 Å². The average molecular weight is 144 g/mol. The molecule has 10 heavy (non-hydrogen) atoms. The largest absolute Gasteiger partial charge is 0.467 e. The molecule has 0 bridgehead atoms. The van der Waals surface area contributed by atoms with Gasteiger partial charge in [-0.2, -0.15) is 0 Å². The molecule has 0 unspecified atom stereocenters. The van der Waals surface area contributed by atoms with E-state index in [1.54, 1.807) is 19.1 Å². The molecule has 1 aromatic heterocycles. The maximum absolute atomic E-state index is 8.33. The van der Waals surface area contributed by atoms with Crippen molar-refractivity contribution in [2.75, 3.05) is 6.61 Å². The molecule has 0 atom stereocenters. The van der Waals surface area contributed by atoms with E-state index in [0.717, 1.165) is 0 Å². The standard InChI is InChI=1S/C5H6O2.C2H6O/c6-4-5-2-1-3-7-5;1-2-3/h1-3,6H,4H2;3H,2H2,1H3. The molecule has 0 radical (unpaired) electrons. The number of hydrogen-bond donors (Lipinski definition) is 2. The zero-order valence-corrected chi connectivity index (χ0v) is 5.95. The van der Waals surface area contributed by atoms with Gasteiger partial charge in [0.15, 0.2) is 0 Å². The van der Waals surface area contributed by atoms with Gasteiger partial charge in [0.25, 0.3) is 0 Å². The molecular weight excluding hydrogens is 132 g/mol. The third kappa shape index (κ3) is 4.12.